The van der Waals surface area contributed by atoms with E-state index in [1.54, 1.807) is 25.5 Å². The van der Waals surface area contributed by atoms with Crippen molar-refractivity contribution in [2.24, 2.45) is 5.10 Å². The number of carbonyl (C=O) groups excluding carboxylic acids is 1. The second-order valence-electron chi connectivity index (χ2n) is 3.38. The normalized spacial score (nSPS) is 18.8. The Morgan fingerprint density at radius 3 is 3.25 bits per heavy atom. The largest absolute Gasteiger partial charge is 0.448 e. The van der Waals surface area contributed by atoms with Crippen molar-refractivity contribution in [3.8, 4) is 0 Å². The van der Waals surface area contributed by atoms with Crippen LogP contribution in [0.25, 0.3) is 0 Å². The van der Waals surface area contributed by atoms with E-state index < -0.39 is 6.09 Å². The molecule has 16 heavy (non-hydrogen) atoms. The highest BCUT2D eigenvalue weighted by atomic mass is 16.6. The second-order valence-corrected chi connectivity index (χ2v) is 3.38. The van der Waals surface area contributed by atoms with Gasteiger partial charge < -0.3 is 4.74 Å². The van der Waals surface area contributed by atoms with Crippen molar-refractivity contribution in [1.29, 1.82) is 0 Å². The zero-order chi connectivity index (χ0) is 11.4. The van der Waals surface area contributed by atoms with Crippen molar-refractivity contribution in [3.05, 3.63) is 30.1 Å². The average Bonchev–Trinajstić information content (AvgIpc) is 2.79. The van der Waals surface area contributed by atoms with E-state index in [9.17, 15) is 4.79 Å². The summed E-state index contributed by atoms with van der Waals surface area (Å²) in [5.41, 5.74) is 0.966. The van der Waals surface area contributed by atoms with Crippen LogP contribution in [0.3, 0.4) is 0 Å². The van der Waals surface area contributed by atoms with Gasteiger partial charge in [0.2, 0.25) is 0 Å². The highest BCUT2D eigenvalue weighted by Crippen LogP contribution is 2.27. The van der Waals surface area contributed by atoms with Gasteiger partial charge in [-0.25, -0.2) is 4.79 Å². The summed E-state index contributed by atoms with van der Waals surface area (Å²) in [7, 11) is 0. The number of hydrogen-bond acceptors (Lipinski definition) is 4. The average molecular weight is 219 g/mol. The Balaban J connectivity index is 2.14. The summed E-state index contributed by atoms with van der Waals surface area (Å²) in [4.78, 5) is 15.6. The van der Waals surface area contributed by atoms with Gasteiger partial charge in [-0.2, -0.15) is 10.1 Å². The monoisotopic (exact) mass is 219 g/mol. The molecule has 1 atom stereocenters. The maximum atomic E-state index is 11.6. The minimum atomic E-state index is -0.412. The van der Waals surface area contributed by atoms with Crippen molar-refractivity contribution in [3.63, 3.8) is 0 Å². The van der Waals surface area contributed by atoms with E-state index in [-0.39, 0.29) is 6.04 Å². The molecule has 5 nitrogen and oxygen atoms in total. The minimum absolute atomic E-state index is 0.0900. The second kappa shape index (κ2) is 4.74. The lowest BCUT2D eigenvalue weighted by molar-refractivity contribution is 0.0974. The Morgan fingerprint density at radius 2 is 2.56 bits per heavy atom. The van der Waals surface area contributed by atoms with Gasteiger partial charge in [-0.15, -0.1) is 0 Å². The summed E-state index contributed by atoms with van der Waals surface area (Å²) in [6.07, 6.45) is 5.45. The molecule has 0 saturated carbocycles. The molecule has 1 aliphatic heterocycles. The topological polar surface area (TPSA) is 54.8 Å². The first-order valence-corrected chi connectivity index (χ1v) is 5.21. The van der Waals surface area contributed by atoms with E-state index in [1.165, 1.54) is 5.01 Å². The molecule has 5 heteroatoms. The molecule has 1 aliphatic rings. The van der Waals surface area contributed by atoms with Crippen molar-refractivity contribution < 1.29 is 9.53 Å². The van der Waals surface area contributed by atoms with Crippen molar-refractivity contribution in [1.82, 2.24) is 9.99 Å². The Morgan fingerprint density at radius 1 is 1.69 bits per heavy atom. The molecule has 0 saturated heterocycles. The molecule has 1 amide bonds. The lowest BCUT2D eigenvalue weighted by Crippen LogP contribution is -2.27. The van der Waals surface area contributed by atoms with Gasteiger partial charge in [0.25, 0.3) is 0 Å². The first-order chi connectivity index (χ1) is 7.83. The number of aromatic nitrogens is 1. The van der Waals surface area contributed by atoms with Gasteiger partial charge >= 0.3 is 6.09 Å². The van der Waals surface area contributed by atoms with Gasteiger partial charge in [-0.05, 0) is 18.6 Å². The minimum Gasteiger partial charge on any atom is -0.448 e. The van der Waals surface area contributed by atoms with Crippen molar-refractivity contribution >= 4 is 12.3 Å². The predicted octanol–water partition coefficient (Wildman–Crippen LogP) is 1.97. The first kappa shape index (κ1) is 10.6. The van der Waals surface area contributed by atoms with Crippen LogP contribution in [0, 0.1) is 0 Å². The first-order valence-electron chi connectivity index (χ1n) is 5.21. The summed E-state index contributed by atoms with van der Waals surface area (Å²) >= 11 is 0. The van der Waals surface area contributed by atoms with Gasteiger partial charge in [-0.1, -0.05) is 6.07 Å². The number of nitrogens with zero attached hydrogens (tertiary/aromatic N) is 3. The van der Waals surface area contributed by atoms with Crippen LogP contribution in [0.2, 0.25) is 0 Å². The number of carbonyl (C=O) groups is 1. The fourth-order valence-corrected chi connectivity index (χ4v) is 1.63. The van der Waals surface area contributed by atoms with E-state index in [2.05, 4.69) is 10.1 Å². The molecule has 84 valence electrons. The van der Waals surface area contributed by atoms with Crippen LogP contribution < -0.4 is 0 Å². The fraction of sp³-hybridized carbons (Fsp3) is 0.364. The zero-order valence-corrected chi connectivity index (χ0v) is 9.04. The number of rotatable bonds is 2. The van der Waals surface area contributed by atoms with Gasteiger partial charge in [-0.3, -0.25) is 4.98 Å². The third-order valence-electron chi connectivity index (χ3n) is 2.35. The maximum absolute atomic E-state index is 11.6. The molecule has 0 bridgehead atoms. The third kappa shape index (κ3) is 2.03. The van der Waals surface area contributed by atoms with Crippen LogP contribution in [-0.2, 0) is 4.74 Å². The van der Waals surface area contributed by atoms with Crippen LogP contribution >= 0.6 is 0 Å². The molecule has 1 unspecified atom stereocenters. The van der Waals surface area contributed by atoms with Crippen LogP contribution in [-0.4, -0.2) is 28.9 Å². The molecule has 2 heterocycles. The van der Waals surface area contributed by atoms with Crippen LogP contribution in [0.1, 0.15) is 24.9 Å². The molecule has 0 fully saturated rings. The van der Waals surface area contributed by atoms with E-state index >= 15 is 0 Å². The summed E-state index contributed by atoms with van der Waals surface area (Å²) in [6, 6.07) is 3.68. The van der Waals surface area contributed by atoms with Gasteiger partial charge in [0.05, 0.1) is 12.6 Å². The van der Waals surface area contributed by atoms with Gasteiger partial charge in [0, 0.05) is 25.0 Å². The molecule has 0 radical (unpaired) electrons. The van der Waals surface area contributed by atoms with E-state index in [4.69, 9.17) is 4.74 Å². The molecule has 0 N–H and O–H groups in total. The molecule has 2 rings (SSSR count). The smallest absolute Gasteiger partial charge is 0.430 e. The lowest BCUT2D eigenvalue weighted by atomic mass is 10.1. The molecule has 0 spiro atoms. The quantitative estimate of drug-likeness (QED) is 0.764. The summed E-state index contributed by atoms with van der Waals surface area (Å²) in [5.74, 6) is 0. The number of ether oxygens (including phenoxy) is 1. The summed E-state index contributed by atoms with van der Waals surface area (Å²) in [5, 5.41) is 5.38. The van der Waals surface area contributed by atoms with Crippen LogP contribution in [0.15, 0.2) is 29.6 Å². The van der Waals surface area contributed by atoms with Gasteiger partial charge in [0.15, 0.2) is 0 Å². The Hall–Kier alpha value is -1.91. The molecular formula is C11H13N3O2. The number of pyridine rings is 1. The molecular weight excluding hydrogens is 206 g/mol. The van der Waals surface area contributed by atoms with Gasteiger partial charge in [0.1, 0.15) is 0 Å². The zero-order valence-electron chi connectivity index (χ0n) is 9.04. The van der Waals surface area contributed by atoms with E-state index in [1.807, 2.05) is 12.1 Å². The third-order valence-corrected chi connectivity index (χ3v) is 2.35. The number of amides is 1. The Bertz CT molecular complexity index is 391. The van der Waals surface area contributed by atoms with E-state index in [0.29, 0.717) is 13.0 Å². The SMILES string of the molecule is CCOC(=O)N1N=CCC1c1cccnc1. The molecule has 0 aromatic carbocycles. The summed E-state index contributed by atoms with van der Waals surface area (Å²) in [6.45, 7) is 2.13. The summed E-state index contributed by atoms with van der Waals surface area (Å²) < 4.78 is 4.93. The molecule has 1 aromatic heterocycles. The van der Waals surface area contributed by atoms with Crippen LogP contribution in [0.4, 0.5) is 4.79 Å². The number of hydrazone groups is 1. The van der Waals surface area contributed by atoms with Crippen molar-refractivity contribution in [2.75, 3.05) is 6.61 Å². The maximum Gasteiger partial charge on any atom is 0.430 e. The molecule has 0 aliphatic carbocycles. The lowest BCUT2D eigenvalue weighted by Gasteiger charge is -2.20. The Labute approximate surface area is 93.7 Å². The Kier molecular flexibility index (Phi) is 3.14. The van der Waals surface area contributed by atoms with Crippen LogP contribution in [0.5, 0.6) is 0 Å². The number of hydrogen-bond donors (Lipinski definition) is 0. The standard InChI is InChI=1S/C11H13N3O2/c1-2-16-11(15)14-10(5-7-13-14)9-4-3-6-12-8-9/h3-4,6-8,10H,2,5H2,1H3. The highest BCUT2D eigenvalue weighted by Gasteiger charge is 2.29. The molecule has 1 aromatic rings. The van der Waals surface area contributed by atoms with E-state index in [0.717, 1.165) is 5.56 Å². The fourth-order valence-electron chi connectivity index (χ4n) is 1.63. The highest BCUT2D eigenvalue weighted by molar-refractivity contribution is 5.73. The van der Waals surface area contributed by atoms with Crippen molar-refractivity contribution in [2.45, 2.75) is 19.4 Å². The predicted molar refractivity (Wildman–Crippen MR) is 58.9 cm³/mol.